The van der Waals surface area contributed by atoms with Crippen molar-refractivity contribution < 1.29 is 24.1 Å². The summed E-state index contributed by atoms with van der Waals surface area (Å²) in [5.74, 6) is 0.295. The van der Waals surface area contributed by atoms with Gasteiger partial charge in [0.15, 0.2) is 6.29 Å². The molecule has 0 aliphatic carbocycles. The summed E-state index contributed by atoms with van der Waals surface area (Å²) in [7, 11) is 1.61. The van der Waals surface area contributed by atoms with Gasteiger partial charge in [-0.15, -0.1) is 0 Å². The van der Waals surface area contributed by atoms with Gasteiger partial charge in [-0.25, -0.2) is 0 Å². The summed E-state index contributed by atoms with van der Waals surface area (Å²) >= 11 is 0. The molecule has 1 N–H and O–H groups in total. The zero-order valence-electron chi connectivity index (χ0n) is 18.7. The van der Waals surface area contributed by atoms with Gasteiger partial charge in [0, 0.05) is 18.9 Å². The highest BCUT2D eigenvalue weighted by molar-refractivity contribution is 5.94. The van der Waals surface area contributed by atoms with Crippen molar-refractivity contribution >= 4 is 16.7 Å². The Hall–Kier alpha value is -1.95. The second-order valence-electron chi connectivity index (χ2n) is 8.54. The third-order valence-corrected chi connectivity index (χ3v) is 6.12. The summed E-state index contributed by atoms with van der Waals surface area (Å²) in [6, 6.07) is 8.28. The molecule has 4 unspecified atom stereocenters. The number of rotatable bonds is 7. The van der Waals surface area contributed by atoms with Crippen LogP contribution < -0.4 is 4.74 Å². The van der Waals surface area contributed by atoms with Crippen molar-refractivity contribution in [2.24, 2.45) is 5.92 Å². The molecular weight excluding hydrogens is 380 g/mol. The number of aliphatic hydroxyl groups is 1. The van der Waals surface area contributed by atoms with Crippen molar-refractivity contribution in [3.63, 3.8) is 0 Å². The normalized spacial score (nSPS) is 22.8. The van der Waals surface area contributed by atoms with Crippen LogP contribution in [0.15, 0.2) is 24.3 Å². The molecule has 2 aromatic rings. The lowest BCUT2D eigenvalue weighted by molar-refractivity contribution is -0.204. The van der Waals surface area contributed by atoms with Gasteiger partial charge in [-0.3, -0.25) is 4.79 Å². The van der Waals surface area contributed by atoms with Crippen LogP contribution in [0, 0.1) is 19.8 Å². The van der Waals surface area contributed by atoms with E-state index in [0.29, 0.717) is 18.6 Å². The highest BCUT2D eigenvalue weighted by Crippen LogP contribution is 2.35. The van der Waals surface area contributed by atoms with Crippen molar-refractivity contribution in [2.45, 2.75) is 78.3 Å². The third-order valence-electron chi connectivity index (χ3n) is 6.12. The van der Waals surface area contributed by atoms with Crippen molar-refractivity contribution in [1.82, 2.24) is 0 Å². The average Bonchev–Trinajstić information content (AvgIpc) is 2.71. The number of ether oxygens (including phenoxy) is 3. The third kappa shape index (κ3) is 5.20. The van der Waals surface area contributed by atoms with Crippen molar-refractivity contribution in [3.8, 4) is 5.75 Å². The molecule has 4 atom stereocenters. The summed E-state index contributed by atoms with van der Waals surface area (Å²) in [5, 5.41) is 12.2. The molecule has 1 fully saturated rings. The molecule has 164 valence electrons. The number of methoxy groups -OCH3 is 1. The van der Waals surface area contributed by atoms with Gasteiger partial charge in [0.1, 0.15) is 5.75 Å². The maximum Gasteiger partial charge on any atom is 0.314 e. The molecule has 0 spiro atoms. The first kappa shape index (κ1) is 22.7. The van der Waals surface area contributed by atoms with Gasteiger partial charge in [0.2, 0.25) is 0 Å². The molecule has 2 aromatic carbocycles. The monoisotopic (exact) mass is 414 g/mol. The van der Waals surface area contributed by atoms with Crippen LogP contribution in [0.4, 0.5) is 0 Å². The van der Waals surface area contributed by atoms with Gasteiger partial charge in [0.25, 0.3) is 0 Å². The second-order valence-corrected chi connectivity index (χ2v) is 8.54. The lowest BCUT2D eigenvalue weighted by Crippen LogP contribution is -2.36. The maximum absolute atomic E-state index is 12.5. The number of hydrogen-bond acceptors (Lipinski definition) is 5. The SMILES string of the molecule is CCC(C)C(=O)Oc1cc(C)cc2ccc(C)c(CCC3CC(O)CC(OC)O3)c12. The van der Waals surface area contributed by atoms with Crippen molar-refractivity contribution in [3.05, 3.63) is 41.0 Å². The number of carbonyl (C=O) groups excluding carboxylic acids is 1. The minimum absolute atomic E-state index is 0.0649. The molecule has 3 rings (SSSR count). The summed E-state index contributed by atoms with van der Waals surface area (Å²) in [4.78, 5) is 12.5. The van der Waals surface area contributed by atoms with Gasteiger partial charge >= 0.3 is 5.97 Å². The maximum atomic E-state index is 12.5. The first-order valence-corrected chi connectivity index (χ1v) is 10.9. The van der Waals surface area contributed by atoms with Gasteiger partial charge in [-0.05, 0) is 67.7 Å². The van der Waals surface area contributed by atoms with Crippen LogP contribution in [0.25, 0.3) is 10.8 Å². The molecule has 5 heteroatoms. The van der Waals surface area contributed by atoms with Gasteiger partial charge in [-0.2, -0.15) is 0 Å². The smallest absolute Gasteiger partial charge is 0.314 e. The zero-order valence-corrected chi connectivity index (χ0v) is 18.7. The standard InChI is InChI=1S/C25H34O5/c1-6-16(3)25(27)30-22-12-15(2)11-18-8-7-17(4)21(24(18)22)10-9-20-13-19(26)14-23(28-5)29-20/h7-8,11-12,16,19-20,23,26H,6,9-10,13-14H2,1-5H3. The first-order valence-electron chi connectivity index (χ1n) is 10.9. The quantitative estimate of drug-likeness (QED) is 0.518. The Labute approximate surface area is 179 Å². The molecule has 1 saturated heterocycles. The van der Waals surface area contributed by atoms with Gasteiger partial charge < -0.3 is 19.3 Å². The fourth-order valence-electron chi connectivity index (χ4n) is 4.12. The summed E-state index contributed by atoms with van der Waals surface area (Å²) in [6.45, 7) is 7.98. The van der Waals surface area contributed by atoms with E-state index in [0.717, 1.165) is 46.7 Å². The number of aryl methyl sites for hydroxylation is 3. The number of aliphatic hydroxyl groups excluding tert-OH is 1. The Bertz CT molecular complexity index is 891. The predicted octanol–water partition coefficient (Wildman–Crippen LogP) is 4.85. The van der Waals surface area contributed by atoms with E-state index >= 15 is 0 Å². The van der Waals surface area contributed by atoms with E-state index in [4.69, 9.17) is 14.2 Å². The van der Waals surface area contributed by atoms with Crippen LogP contribution >= 0.6 is 0 Å². The summed E-state index contributed by atoms with van der Waals surface area (Å²) in [5.41, 5.74) is 3.38. The van der Waals surface area contributed by atoms with E-state index in [2.05, 4.69) is 25.1 Å². The van der Waals surface area contributed by atoms with Crippen LogP contribution in [0.3, 0.4) is 0 Å². The highest BCUT2D eigenvalue weighted by Gasteiger charge is 2.28. The Morgan fingerprint density at radius 3 is 2.73 bits per heavy atom. The molecule has 0 bridgehead atoms. The molecule has 1 heterocycles. The lowest BCUT2D eigenvalue weighted by atomic mass is 9.92. The minimum atomic E-state index is -0.406. The Kier molecular flexibility index (Phi) is 7.50. The predicted molar refractivity (Wildman–Crippen MR) is 118 cm³/mol. The van der Waals surface area contributed by atoms with E-state index in [-0.39, 0.29) is 24.3 Å². The van der Waals surface area contributed by atoms with E-state index in [1.54, 1.807) is 7.11 Å². The molecule has 0 saturated carbocycles. The van der Waals surface area contributed by atoms with Gasteiger partial charge in [0.05, 0.1) is 18.1 Å². The number of hydrogen-bond donors (Lipinski definition) is 1. The van der Waals surface area contributed by atoms with Crippen LogP contribution in [-0.4, -0.2) is 36.7 Å². The van der Waals surface area contributed by atoms with Crippen molar-refractivity contribution in [1.29, 1.82) is 0 Å². The van der Waals surface area contributed by atoms with E-state index in [9.17, 15) is 9.90 Å². The van der Waals surface area contributed by atoms with Crippen LogP contribution in [0.2, 0.25) is 0 Å². The first-order chi connectivity index (χ1) is 14.3. The Morgan fingerprint density at radius 2 is 2.03 bits per heavy atom. The summed E-state index contributed by atoms with van der Waals surface area (Å²) < 4.78 is 17.1. The molecule has 0 aromatic heterocycles. The molecular formula is C25H34O5. The molecule has 5 nitrogen and oxygen atoms in total. The fraction of sp³-hybridized carbons (Fsp3) is 0.560. The van der Waals surface area contributed by atoms with E-state index in [1.807, 2.05) is 26.8 Å². The molecule has 1 aliphatic rings. The topological polar surface area (TPSA) is 65.0 Å². The van der Waals surface area contributed by atoms with Crippen LogP contribution in [-0.2, 0) is 20.7 Å². The number of esters is 1. The Balaban J connectivity index is 1.91. The second kappa shape index (κ2) is 9.90. The lowest BCUT2D eigenvalue weighted by Gasteiger charge is -2.32. The molecule has 0 amide bonds. The molecule has 0 radical (unpaired) electrons. The van der Waals surface area contributed by atoms with E-state index in [1.165, 1.54) is 0 Å². The molecule has 1 aliphatic heterocycles. The number of carbonyl (C=O) groups is 1. The summed E-state index contributed by atoms with van der Waals surface area (Å²) in [6.07, 6.45) is 2.57. The number of benzene rings is 2. The van der Waals surface area contributed by atoms with Gasteiger partial charge in [-0.1, -0.05) is 32.0 Å². The zero-order chi connectivity index (χ0) is 21.8. The number of fused-ring (bicyclic) bond motifs is 1. The van der Waals surface area contributed by atoms with E-state index < -0.39 is 6.10 Å². The van der Waals surface area contributed by atoms with Crippen LogP contribution in [0.1, 0.15) is 56.2 Å². The fourth-order valence-corrected chi connectivity index (χ4v) is 4.12. The van der Waals surface area contributed by atoms with Crippen molar-refractivity contribution in [2.75, 3.05) is 7.11 Å². The molecule has 30 heavy (non-hydrogen) atoms. The highest BCUT2D eigenvalue weighted by atomic mass is 16.7. The average molecular weight is 415 g/mol. The van der Waals surface area contributed by atoms with Crippen LogP contribution in [0.5, 0.6) is 5.75 Å². The minimum Gasteiger partial charge on any atom is -0.426 e. The Morgan fingerprint density at radius 1 is 1.27 bits per heavy atom. The largest absolute Gasteiger partial charge is 0.426 e.